The fraction of sp³-hybridized carbons (Fsp3) is 0.0769. The Morgan fingerprint density at radius 2 is 0.969 bits per heavy atom. The van der Waals surface area contributed by atoms with Gasteiger partial charge >= 0.3 is 0 Å². The fourth-order valence-electron chi connectivity index (χ4n) is 3.95. The average molecular weight is 426 g/mol. The summed E-state index contributed by atoms with van der Waals surface area (Å²) in [7, 11) is 0. The summed E-state index contributed by atoms with van der Waals surface area (Å²) in [6.07, 6.45) is 9.87. The average Bonchev–Trinajstić information content (AvgIpc) is 3.62. The lowest BCUT2D eigenvalue weighted by Gasteiger charge is -2.05. The Morgan fingerprint density at radius 1 is 0.469 bits per heavy atom. The standard InChI is InChI=1S/C26H18O6/c1-15-14-32-22(16(15)2)17-5-10-28-23(17)18-6-11-29-24(18)19-7-12-30-25(19)20-8-13-31-26(20)21-4-3-9-27-21/h3-14H,1-2H3. The molecular formula is C26H18O6. The van der Waals surface area contributed by atoms with Crippen molar-refractivity contribution in [1.82, 2.24) is 0 Å². The molecule has 0 aliphatic carbocycles. The molecule has 0 N–H and O–H groups in total. The van der Waals surface area contributed by atoms with E-state index in [-0.39, 0.29) is 0 Å². The second kappa shape index (κ2) is 7.13. The van der Waals surface area contributed by atoms with Crippen LogP contribution in [0.4, 0.5) is 0 Å². The molecule has 0 saturated heterocycles. The van der Waals surface area contributed by atoms with Gasteiger partial charge in [0, 0.05) is 0 Å². The summed E-state index contributed by atoms with van der Waals surface area (Å²) in [6, 6.07) is 11.1. The quantitative estimate of drug-likeness (QED) is 0.276. The summed E-state index contributed by atoms with van der Waals surface area (Å²) in [5, 5.41) is 0. The number of hydrogen-bond acceptors (Lipinski definition) is 6. The predicted molar refractivity (Wildman–Crippen MR) is 117 cm³/mol. The number of furan rings is 6. The zero-order valence-corrected chi connectivity index (χ0v) is 17.4. The van der Waals surface area contributed by atoms with Crippen molar-refractivity contribution in [2.75, 3.05) is 0 Å². The van der Waals surface area contributed by atoms with Crippen molar-refractivity contribution in [2.45, 2.75) is 13.8 Å². The van der Waals surface area contributed by atoms with Crippen molar-refractivity contribution >= 4 is 0 Å². The van der Waals surface area contributed by atoms with Gasteiger partial charge in [0.1, 0.15) is 23.0 Å². The van der Waals surface area contributed by atoms with Crippen LogP contribution >= 0.6 is 0 Å². The highest BCUT2D eigenvalue weighted by Gasteiger charge is 2.26. The third-order valence-electron chi connectivity index (χ3n) is 5.67. The molecule has 0 spiro atoms. The zero-order valence-electron chi connectivity index (χ0n) is 17.4. The van der Waals surface area contributed by atoms with Crippen LogP contribution in [-0.2, 0) is 0 Å². The summed E-state index contributed by atoms with van der Waals surface area (Å²) in [6.45, 7) is 4.05. The van der Waals surface area contributed by atoms with Gasteiger partial charge in [0.15, 0.2) is 11.5 Å². The highest BCUT2D eigenvalue weighted by atomic mass is 16.4. The molecular weight excluding hydrogens is 408 g/mol. The lowest BCUT2D eigenvalue weighted by molar-refractivity contribution is 0.522. The van der Waals surface area contributed by atoms with E-state index in [1.807, 2.05) is 50.2 Å². The van der Waals surface area contributed by atoms with Gasteiger partial charge < -0.3 is 26.5 Å². The van der Waals surface area contributed by atoms with Crippen molar-refractivity contribution in [3.05, 3.63) is 85.1 Å². The van der Waals surface area contributed by atoms with Gasteiger partial charge in [-0.2, -0.15) is 0 Å². The molecule has 0 atom stereocenters. The molecule has 6 rings (SSSR count). The third kappa shape index (κ3) is 2.73. The van der Waals surface area contributed by atoms with Crippen LogP contribution in [0, 0.1) is 13.8 Å². The first-order valence-corrected chi connectivity index (χ1v) is 10.1. The van der Waals surface area contributed by atoms with Gasteiger partial charge in [0.25, 0.3) is 0 Å². The first-order chi connectivity index (χ1) is 15.7. The molecule has 0 radical (unpaired) electrons. The molecule has 0 fully saturated rings. The summed E-state index contributed by atoms with van der Waals surface area (Å²) in [4.78, 5) is 0. The van der Waals surface area contributed by atoms with Gasteiger partial charge in [-0.15, -0.1) is 0 Å². The Kier molecular flexibility index (Phi) is 4.11. The van der Waals surface area contributed by atoms with E-state index in [0.29, 0.717) is 28.8 Å². The summed E-state index contributed by atoms with van der Waals surface area (Å²) in [5.41, 5.74) is 5.35. The van der Waals surface area contributed by atoms with Crippen LogP contribution in [0.5, 0.6) is 0 Å². The van der Waals surface area contributed by atoms with Crippen LogP contribution in [-0.4, -0.2) is 0 Å². The normalized spacial score (nSPS) is 11.4. The van der Waals surface area contributed by atoms with Crippen LogP contribution < -0.4 is 0 Å². The molecule has 6 heterocycles. The van der Waals surface area contributed by atoms with Gasteiger partial charge in [0.2, 0.25) is 0 Å². The van der Waals surface area contributed by atoms with Gasteiger partial charge in [-0.3, -0.25) is 0 Å². The Bertz CT molecular complexity index is 1490. The van der Waals surface area contributed by atoms with Crippen molar-refractivity contribution in [2.24, 2.45) is 0 Å². The van der Waals surface area contributed by atoms with Gasteiger partial charge in [-0.05, 0) is 61.4 Å². The monoisotopic (exact) mass is 426 g/mol. The summed E-state index contributed by atoms with van der Waals surface area (Å²) in [5.74, 6) is 3.87. The minimum Gasteiger partial charge on any atom is -0.464 e. The lowest BCUT2D eigenvalue weighted by Crippen LogP contribution is -1.84. The highest BCUT2D eigenvalue weighted by Crippen LogP contribution is 2.45. The maximum Gasteiger partial charge on any atom is 0.180 e. The van der Waals surface area contributed by atoms with Crippen LogP contribution in [0.25, 0.3) is 56.8 Å². The molecule has 0 aliphatic rings. The van der Waals surface area contributed by atoms with Crippen molar-refractivity contribution in [3.63, 3.8) is 0 Å². The topological polar surface area (TPSA) is 78.8 Å². The lowest BCUT2D eigenvalue weighted by atomic mass is 10.00. The van der Waals surface area contributed by atoms with E-state index < -0.39 is 0 Å². The Morgan fingerprint density at radius 3 is 1.44 bits per heavy atom. The van der Waals surface area contributed by atoms with E-state index in [4.69, 9.17) is 26.5 Å². The molecule has 6 aromatic rings. The molecule has 0 bridgehead atoms. The third-order valence-corrected chi connectivity index (χ3v) is 5.67. The van der Waals surface area contributed by atoms with E-state index in [1.165, 1.54) is 0 Å². The maximum atomic E-state index is 5.92. The molecule has 0 aromatic carbocycles. The highest BCUT2D eigenvalue weighted by molar-refractivity contribution is 5.91. The maximum absolute atomic E-state index is 5.92. The molecule has 0 amide bonds. The van der Waals surface area contributed by atoms with Crippen LogP contribution in [0.15, 0.2) is 100 Å². The second-order valence-electron chi connectivity index (χ2n) is 7.50. The van der Waals surface area contributed by atoms with E-state index in [9.17, 15) is 0 Å². The van der Waals surface area contributed by atoms with Gasteiger partial charge in [-0.25, -0.2) is 0 Å². The van der Waals surface area contributed by atoms with Crippen molar-refractivity contribution in [1.29, 1.82) is 0 Å². The molecule has 0 unspecified atom stereocenters. The number of aryl methyl sites for hydroxylation is 1. The molecule has 32 heavy (non-hydrogen) atoms. The first-order valence-electron chi connectivity index (χ1n) is 10.1. The van der Waals surface area contributed by atoms with E-state index in [2.05, 4.69) is 0 Å². The van der Waals surface area contributed by atoms with E-state index in [0.717, 1.165) is 39.1 Å². The SMILES string of the molecule is Cc1coc(-c2ccoc2-c2ccoc2-c2ccoc2-c2ccoc2-c2ccco2)c1C. The second-order valence-corrected chi connectivity index (χ2v) is 7.50. The summed E-state index contributed by atoms with van der Waals surface area (Å²) < 4.78 is 34.7. The minimum absolute atomic E-state index is 0.583. The van der Waals surface area contributed by atoms with E-state index in [1.54, 1.807) is 37.6 Å². The molecule has 6 heteroatoms. The summed E-state index contributed by atoms with van der Waals surface area (Å²) >= 11 is 0. The van der Waals surface area contributed by atoms with E-state index >= 15 is 0 Å². The van der Waals surface area contributed by atoms with Gasteiger partial charge in [-0.1, -0.05) is 0 Å². The minimum atomic E-state index is 0.583. The molecule has 6 nitrogen and oxygen atoms in total. The van der Waals surface area contributed by atoms with Crippen LogP contribution in [0.2, 0.25) is 0 Å². The van der Waals surface area contributed by atoms with Gasteiger partial charge in [0.05, 0.1) is 59.8 Å². The van der Waals surface area contributed by atoms with Crippen LogP contribution in [0.3, 0.4) is 0 Å². The Labute approximate surface area is 182 Å². The molecule has 0 aliphatic heterocycles. The largest absolute Gasteiger partial charge is 0.464 e. The molecule has 0 saturated carbocycles. The fourth-order valence-corrected chi connectivity index (χ4v) is 3.95. The molecule has 6 aromatic heterocycles. The van der Waals surface area contributed by atoms with Crippen molar-refractivity contribution in [3.8, 4) is 56.8 Å². The molecule has 158 valence electrons. The number of rotatable bonds is 5. The Hall–Kier alpha value is -4.32. The Balaban J connectivity index is 1.48. The number of hydrogen-bond donors (Lipinski definition) is 0. The smallest absolute Gasteiger partial charge is 0.180 e. The van der Waals surface area contributed by atoms with Crippen LogP contribution in [0.1, 0.15) is 11.1 Å². The van der Waals surface area contributed by atoms with Crippen molar-refractivity contribution < 1.29 is 26.5 Å². The predicted octanol–water partition coefficient (Wildman–Crippen LogP) is 8.20. The zero-order chi connectivity index (χ0) is 21.7. The first kappa shape index (κ1) is 18.4.